The Bertz CT molecular complexity index is 1260. The Morgan fingerprint density at radius 1 is 0.727 bits per heavy atom. The number of benzene rings is 3. The van der Waals surface area contributed by atoms with Gasteiger partial charge in [-0.2, -0.15) is 0 Å². The highest BCUT2D eigenvalue weighted by Gasteiger charge is 2.16. The number of rotatable bonds is 11. The fourth-order valence-corrected chi connectivity index (χ4v) is 5.52. The van der Waals surface area contributed by atoms with Gasteiger partial charge in [0.1, 0.15) is 0 Å². The van der Waals surface area contributed by atoms with Crippen molar-refractivity contribution in [3.8, 4) is 0 Å². The second-order valence-corrected chi connectivity index (χ2v) is 11.5. The van der Waals surface area contributed by atoms with Gasteiger partial charge in [0, 0.05) is 18.7 Å². The zero-order chi connectivity index (χ0) is 23.7. The first-order valence-corrected chi connectivity index (χ1v) is 13.7. The van der Waals surface area contributed by atoms with Crippen molar-refractivity contribution in [1.29, 1.82) is 0 Å². The highest BCUT2D eigenvalue weighted by atomic mass is 32.2. The number of carbonyl (C=O) groups excluding carboxylic acids is 1. The third kappa shape index (κ3) is 8.12. The molecule has 33 heavy (non-hydrogen) atoms. The summed E-state index contributed by atoms with van der Waals surface area (Å²) in [6, 6.07) is 24.1. The molecule has 9 heteroatoms. The largest absolute Gasteiger partial charge is 0.326 e. The summed E-state index contributed by atoms with van der Waals surface area (Å²) in [7, 11) is -7.10. The summed E-state index contributed by atoms with van der Waals surface area (Å²) >= 11 is 0. The number of amides is 1. The van der Waals surface area contributed by atoms with Crippen LogP contribution in [0, 0.1) is 0 Å². The van der Waals surface area contributed by atoms with Crippen LogP contribution in [0.25, 0.3) is 0 Å². The maximum absolute atomic E-state index is 12.5. The van der Waals surface area contributed by atoms with E-state index in [4.69, 9.17) is 0 Å². The number of hydrogen-bond donors (Lipinski definition) is 2. The molecule has 0 spiro atoms. The average molecular weight is 487 g/mol. The number of carbonyl (C=O) groups is 1. The normalized spacial score (nSPS) is 11.8. The minimum atomic E-state index is -3.68. The fourth-order valence-electron chi connectivity index (χ4n) is 3.15. The Hall–Kier alpha value is -3.01. The summed E-state index contributed by atoms with van der Waals surface area (Å²) < 4.78 is 51.9. The van der Waals surface area contributed by atoms with Crippen LogP contribution < -0.4 is 10.0 Å². The van der Waals surface area contributed by atoms with E-state index in [-0.39, 0.29) is 29.4 Å². The first kappa shape index (κ1) is 24.6. The molecule has 0 aliphatic carbocycles. The lowest BCUT2D eigenvalue weighted by Crippen LogP contribution is -2.26. The van der Waals surface area contributed by atoms with Crippen LogP contribution in [0.3, 0.4) is 0 Å². The highest BCUT2D eigenvalue weighted by molar-refractivity contribution is 7.90. The zero-order valence-electron chi connectivity index (χ0n) is 18.0. The summed E-state index contributed by atoms with van der Waals surface area (Å²) in [5.41, 5.74) is 2.10. The molecule has 0 bridgehead atoms. The molecule has 2 N–H and O–H groups in total. The van der Waals surface area contributed by atoms with Crippen molar-refractivity contribution in [1.82, 2.24) is 4.72 Å². The van der Waals surface area contributed by atoms with Crippen LogP contribution in [0.2, 0.25) is 0 Å². The molecule has 174 valence electrons. The van der Waals surface area contributed by atoms with E-state index in [1.807, 2.05) is 30.3 Å². The third-order valence-corrected chi connectivity index (χ3v) is 7.94. The van der Waals surface area contributed by atoms with Gasteiger partial charge >= 0.3 is 0 Å². The summed E-state index contributed by atoms with van der Waals surface area (Å²) in [6.07, 6.45) is 0.387. The zero-order valence-corrected chi connectivity index (χ0v) is 19.6. The van der Waals surface area contributed by atoms with E-state index in [0.717, 1.165) is 5.56 Å². The van der Waals surface area contributed by atoms with E-state index >= 15 is 0 Å². The Kier molecular flexibility index (Phi) is 8.37. The molecule has 3 rings (SSSR count). The third-order valence-electron chi connectivity index (χ3n) is 4.87. The van der Waals surface area contributed by atoms with Crippen LogP contribution in [-0.2, 0) is 36.8 Å². The Morgan fingerprint density at radius 3 is 1.91 bits per heavy atom. The van der Waals surface area contributed by atoms with Gasteiger partial charge in [-0.15, -0.1) is 0 Å². The second kappa shape index (κ2) is 11.2. The first-order chi connectivity index (χ1) is 15.7. The van der Waals surface area contributed by atoms with Crippen molar-refractivity contribution in [2.75, 3.05) is 17.6 Å². The molecular weight excluding hydrogens is 460 g/mol. The van der Waals surface area contributed by atoms with Gasteiger partial charge in [0.05, 0.1) is 16.4 Å². The Labute approximate surface area is 194 Å². The maximum Gasteiger partial charge on any atom is 0.240 e. The van der Waals surface area contributed by atoms with Crippen molar-refractivity contribution in [3.05, 3.63) is 96.1 Å². The molecule has 0 aliphatic rings. The Morgan fingerprint density at radius 2 is 1.30 bits per heavy atom. The molecule has 0 atom stereocenters. The standard InChI is InChI=1S/C24H26N2O5S2/c27-24(16-18-32(28,29)19-21-9-5-2-6-10-21)26-22-11-13-23(14-12-22)33(30,31)25-17-15-20-7-3-1-4-8-20/h1-14,25H,15-19H2,(H,26,27). The minimum Gasteiger partial charge on any atom is -0.326 e. The molecule has 1 amide bonds. The van der Waals surface area contributed by atoms with Crippen molar-refractivity contribution in [3.63, 3.8) is 0 Å². The summed E-state index contributed by atoms with van der Waals surface area (Å²) in [4.78, 5) is 12.2. The van der Waals surface area contributed by atoms with Crippen LogP contribution in [0.1, 0.15) is 17.5 Å². The lowest BCUT2D eigenvalue weighted by molar-refractivity contribution is -0.115. The highest BCUT2D eigenvalue weighted by Crippen LogP contribution is 2.15. The molecule has 0 aliphatic heterocycles. The monoisotopic (exact) mass is 486 g/mol. The van der Waals surface area contributed by atoms with Crippen molar-refractivity contribution >= 4 is 31.5 Å². The topological polar surface area (TPSA) is 109 Å². The maximum atomic E-state index is 12.5. The van der Waals surface area contributed by atoms with E-state index in [2.05, 4.69) is 10.0 Å². The number of sulfonamides is 1. The van der Waals surface area contributed by atoms with E-state index in [1.54, 1.807) is 30.3 Å². The van der Waals surface area contributed by atoms with Crippen LogP contribution in [0.4, 0.5) is 5.69 Å². The van der Waals surface area contributed by atoms with Crippen molar-refractivity contribution in [2.24, 2.45) is 0 Å². The average Bonchev–Trinajstić information content (AvgIpc) is 2.79. The number of nitrogens with one attached hydrogen (secondary N) is 2. The smallest absolute Gasteiger partial charge is 0.240 e. The van der Waals surface area contributed by atoms with E-state index < -0.39 is 25.8 Å². The van der Waals surface area contributed by atoms with Gasteiger partial charge in [-0.25, -0.2) is 21.6 Å². The second-order valence-electron chi connectivity index (χ2n) is 7.53. The van der Waals surface area contributed by atoms with Crippen molar-refractivity contribution < 1.29 is 21.6 Å². The molecule has 0 radical (unpaired) electrons. The molecule has 0 fully saturated rings. The molecule has 0 aromatic heterocycles. The van der Waals surface area contributed by atoms with Crippen LogP contribution in [-0.4, -0.2) is 35.0 Å². The first-order valence-electron chi connectivity index (χ1n) is 10.4. The summed E-state index contributed by atoms with van der Waals surface area (Å²) in [5.74, 6) is -0.848. The SMILES string of the molecule is O=C(CCS(=O)(=O)Cc1ccccc1)Nc1ccc(S(=O)(=O)NCCc2ccccc2)cc1. The lowest BCUT2D eigenvalue weighted by Gasteiger charge is -2.09. The Balaban J connectivity index is 1.48. The van der Waals surface area contributed by atoms with E-state index in [9.17, 15) is 21.6 Å². The molecule has 0 saturated heterocycles. The number of anilines is 1. The summed E-state index contributed by atoms with van der Waals surface area (Å²) in [5, 5.41) is 2.60. The van der Waals surface area contributed by atoms with Gasteiger partial charge in [0.25, 0.3) is 0 Å². The van der Waals surface area contributed by atoms with Crippen LogP contribution in [0.5, 0.6) is 0 Å². The summed E-state index contributed by atoms with van der Waals surface area (Å²) in [6.45, 7) is 0.266. The predicted molar refractivity (Wildman–Crippen MR) is 129 cm³/mol. The van der Waals surface area contributed by atoms with Gasteiger partial charge < -0.3 is 5.32 Å². The molecule has 7 nitrogen and oxygen atoms in total. The van der Waals surface area contributed by atoms with E-state index in [1.165, 1.54) is 24.3 Å². The van der Waals surface area contributed by atoms with Gasteiger partial charge in [-0.1, -0.05) is 60.7 Å². The molecular formula is C24H26N2O5S2. The predicted octanol–water partition coefficient (Wildman–Crippen LogP) is 3.15. The number of sulfone groups is 1. The van der Waals surface area contributed by atoms with Gasteiger partial charge in [0.15, 0.2) is 9.84 Å². The number of hydrogen-bond acceptors (Lipinski definition) is 5. The molecule has 3 aromatic rings. The van der Waals surface area contributed by atoms with Gasteiger partial charge in [0.2, 0.25) is 15.9 Å². The lowest BCUT2D eigenvalue weighted by atomic mass is 10.2. The fraction of sp³-hybridized carbons (Fsp3) is 0.208. The van der Waals surface area contributed by atoms with Gasteiger partial charge in [-0.3, -0.25) is 4.79 Å². The van der Waals surface area contributed by atoms with Crippen molar-refractivity contribution in [2.45, 2.75) is 23.5 Å². The molecule has 0 heterocycles. The van der Waals surface area contributed by atoms with Gasteiger partial charge in [-0.05, 0) is 41.8 Å². The molecule has 0 saturated carbocycles. The minimum absolute atomic E-state index is 0.0824. The van der Waals surface area contributed by atoms with E-state index in [0.29, 0.717) is 17.7 Å². The molecule has 0 unspecified atom stereocenters. The van der Waals surface area contributed by atoms with Crippen LogP contribution in [0.15, 0.2) is 89.8 Å². The van der Waals surface area contributed by atoms with Crippen LogP contribution >= 0.6 is 0 Å². The quantitative estimate of drug-likeness (QED) is 0.433. The molecule has 3 aromatic carbocycles.